The highest BCUT2D eigenvalue weighted by Gasteiger charge is 2.39. The van der Waals surface area contributed by atoms with Crippen LogP contribution >= 0.6 is 35.0 Å². The second-order valence-electron chi connectivity index (χ2n) is 4.53. The summed E-state index contributed by atoms with van der Waals surface area (Å²) >= 11 is 13.3. The van der Waals surface area contributed by atoms with Gasteiger partial charge in [-0.2, -0.15) is 16.1 Å². The van der Waals surface area contributed by atoms with Crippen LogP contribution in [0.25, 0.3) is 0 Å². The Morgan fingerprint density at radius 3 is 2.82 bits per heavy atom. The molecule has 5 nitrogen and oxygen atoms in total. The highest BCUT2D eigenvalue weighted by Crippen LogP contribution is 2.31. The lowest BCUT2D eigenvalue weighted by Gasteiger charge is -2.32. The smallest absolute Gasteiger partial charge is 0.325 e. The molecule has 22 heavy (non-hydrogen) atoms. The number of hydrogen-bond acceptors (Lipinski definition) is 5. The van der Waals surface area contributed by atoms with E-state index in [2.05, 4.69) is 0 Å². The lowest BCUT2D eigenvalue weighted by Crippen LogP contribution is -2.50. The molecule has 122 valence electrons. The Morgan fingerprint density at radius 1 is 1.45 bits per heavy atom. The molecular formula is C13H15Cl2NO4S2. The van der Waals surface area contributed by atoms with Gasteiger partial charge in [0.05, 0.1) is 11.6 Å². The lowest BCUT2D eigenvalue weighted by atomic mass is 10.3. The molecule has 1 fully saturated rings. The number of ether oxygens (including phenoxy) is 1. The van der Waals surface area contributed by atoms with E-state index in [-0.39, 0.29) is 23.1 Å². The van der Waals surface area contributed by atoms with E-state index in [1.807, 2.05) is 0 Å². The van der Waals surface area contributed by atoms with Crippen LogP contribution in [0.5, 0.6) is 0 Å². The van der Waals surface area contributed by atoms with Gasteiger partial charge in [0.2, 0.25) is 10.0 Å². The second-order valence-corrected chi connectivity index (χ2v) is 8.39. The summed E-state index contributed by atoms with van der Waals surface area (Å²) in [6.45, 7) is 2.12. The number of esters is 1. The number of nitrogens with zero attached hydrogens (tertiary/aromatic N) is 1. The van der Waals surface area contributed by atoms with Crippen LogP contribution in [-0.4, -0.2) is 49.4 Å². The predicted octanol–water partition coefficient (Wildman–Crippen LogP) is 2.66. The van der Waals surface area contributed by atoms with Crippen LogP contribution in [0.3, 0.4) is 0 Å². The van der Waals surface area contributed by atoms with Crippen molar-refractivity contribution in [1.82, 2.24) is 4.31 Å². The Balaban J connectivity index is 2.38. The maximum Gasteiger partial charge on any atom is 0.325 e. The molecule has 2 rings (SSSR count). The molecule has 0 spiro atoms. The van der Waals surface area contributed by atoms with E-state index in [0.717, 1.165) is 4.31 Å². The Morgan fingerprint density at radius 2 is 2.18 bits per heavy atom. The maximum absolute atomic E-state index is 12.8. The maximum atomic E-state index is 12.8. The Labute approximate surface area is 144 Å². The van der Waals surface area contributed by atoms with Crippen molar-refractivity contribution < 1.29 is 17.9 Å². The van der Waals surface area contributed by atoms with Crippen molar-refractivity contribution in [3.05, 3.63) is 28.2 Å². The summed E-state index contributed by atoms with van der Waals surface area (Å²) < 4.78 is 31.8. The molecule has 1 atom stereocenters. The van der Waals surface area contributed by atoms with Gasteiger partial charge in [0.1, 0.15) is 10.9 Å². The summed E-state index contributed by atoms with van der Waals surface area (Å²) in [4.78, 5) is 12.0. The molecule has 0 bridgehead atoms. The van der Waals surface area contributed by atoms with Crippen molar-refractivity contribution in [2.45, 2.75) is 17.9 Å². The number of carbonyl (C=O) groups is 1. The molecule has 1 aliphatic rings. The fraction of sp³-hybridized carbons (Fsp3) is 0.462. The van der Waals surface area contributed by atoms with Crippen molar-refractivity contribution in [2.75, 3.05) is 24.7 Å². The SMILES string of the molecule is CCOC(=O)C1CSCCN1S(=O)(=O)c1ccc(Cl)cc1Cl. The lowest BCUT2D eigenvalue weighted by molar-refractivity contribution is -0.146. The van der Waals surface area contributed by atoms with Gasteiger partial charge >= 0.3 is 5.97 Å². The molecule has 0 saturated carbocycles. The van der Waals surface area contributed by atoms with E-state index < -0.39 is 22.0 Å². The zero-order chi connectivity index (χ0) is 16.3. The van der Waals surface area contributed by atoms with Crippen LogP contribution in [0.15, 0.2) is 23.1 Å². The van der Waals surface area contributed by atoms with Crippen molar-refractivity contribution in [1.29, 1.82) is 0 Å². The van der Waals surface area contributed by atoms with Gasteiger partial charge in [0.15, 0.2) is 0 Å². The van der Waals surface area contributed by atoms with Gasteiger partial charge in [-0.1, -0.05) is 23.2 Å². The molecule has 0 aliphatic carbocycles. The van der Waals surface area contributed by atoms with Gasteiger partial charge in [-0.15, -0.1) is 0 Å². The first-order chi connectivity index (χ1) is 10.4. The van der Waals surface area contributed by atoms with Gasteiger partial charge < -0.3 is 4.74 Å². The monoisotopic (exact) mass is 383 g/mol. The van der Waals surface area contributed by atoms with Crippen LogP contribution in [0.4, 0.5) is 0 Å². The Hall–Kier alpha value is -0.470. The number of carbonyl (C=O) groups excluding carboxylic acids is 1. The Kier molecular flexibility index (Phi) is 6.01. The fourth-order valence-corrected chi connectivity index (χ4v) is 5.68. The predicted molar refractivity (Wildman–Crippen MR) is 88.1 cm³/mol. The summed E-state index contributed by atoms with van der Waals surface area (Å²) in [5.41, 5.74) is 0. The third kappa shape index (κ3) is 3.71. The third-order valence-corrected chi connectivity index (χ3v) is 6.77. The largest absolute Gasteiger partial charge is 0.465 e. The number of hydrogen-bond donors (Lipinski definition) is 0. The van der Waals surface area contributed by atoms with E-state index in [1.165, 1.54) is 30.0 Å². The van der Waals surface area contributed by atoms with Crippen molar-refractivity contribution in [2.24, 2.45) is 0 Å². The van der Waals surface area contributed by atoms with Gasteiger partial charge in [0.25, 0.3) is 0 Å². The molecule has 0 N–H and O–H groups in total. The van der Waals surface area contributed by atoms with E-state index in [0.29, 0.717) is 16.5 Å². The minimum atomic E-state index is -3.89. The second kappa shape index (κ2) is 7.40. The number of sulfonamides is 1. The topological polar surface area (TPSA) is 63.7 Å². The van der Waals surface area contributed by atoms with E-state index in [9.17, 15) is 13.2 Å². The summed E-state index contributed by atoms with van der Waals surface area (Å²) in [6, 6.07) is 3.34. The first kappa shape index (κ1) is 17.9. The van der Waals surface area contributed by atoms with Crippen LogP contribution < -0.4 is 0 Å². The third-order valence-electron chi connectivity index (χ3n) is 3.12. The fourth-order valence-electron chi connectivity index (χ4n) is 2.11. The molecule has 1 aliphatic heterocycles. The van der Waals surface area contributed by atoms with Gasteiger partial charge in [-0.3, -0.25) is 4.79 Å². The zero-order valence-electron chi connectivity index (χ0n) is 11.8. The normalized spacial score (nSPS) is 19.9. The molecule has 0 radical (unpaired) electrons. The molecule has 1 aromatic carbocycles. The number of rotatable bonds is 4. The van der Waals surface area contributed by atoms with Gasteiger partial charge in [-0.05, 0) is 25.1 Å². The van der Waals surface area contributed by atoms with Crippen molar-refractivity contribution in [3.8, 4) is 0 Å². The van der Waals surface area contributed by atoms with Crippen LogP contribution in [0.2, 0.25) is 10.0 Å². The molecule has 0 amide bonds. The average molecular weight is 384 g/mol. The first-order valence-corrected chi connectivity index (χ1v) is 9.94. The van der Waals surface area contributed by atoms with Gasteiger partial charge in [-0.25, -0.2) is 8.42 Å². The number of halogens is 2. The number of benzene rings is 1. The summed E-state index contributed by atoms with van der Waals surface area (Å²) in [5.74, 6) is 0.437. The first-order valence-electron chi connectivity index (χ1n) is 6.59. The van der Waals surface area contributed by atoms with E-state index in [1.54, 1.807) is 6.92 Å². The average Bonchev–Trinajstić information content (AvgIpc) is 2.47. The molecule has 9 heteroatoms. The van der Waals surface area contributed by atoms with Gasteiger partial charge in [0, 0.05) is 23.1 Å². The quantitative estimate of drug-likeness (QED) is 0.747. The molecule has 1 heterocycles. The minimum Gasteiger partial charge on any atom is -0.465 e. The van der Waals surface area contributed by atoms with E-state index >= 15 is 0 Å². The van der Waals surface area contributed by atoms with Crippen molar-refractivity contribution in [3.63, 3.8) is 0 Å². The minimum absolute atomic E-state index is 0.0355. The van der Waals surface area contributed by atoms with Crippen LogP contribution in [0.1, 0.15) is 6.92 Å². The van der Waals surface area contributed by atoms with Crippen LogP contribution in [-0.2, 0) is 19.6 Å². The molecule has 1 unspecified atom stereocenters. The number of thioether (sulfide) groups is 1. The highest BCUT2D eigenvalue weighted by molar-refractivity contribution is 7.99. The van der Waals surface area contributed by atoms with Crippen LogP contribution in [0, 0.1) is 0 Å². The molecule has 0 aromatic heterocycles. The standard InChI is InChI=1S/C13H15Cl2NO4S2/c1-2-20-13(17)11-8-21-6-5-16(11)22(18,19)12-4-3-9(14)7-10(12)15/h3-4,7,11H,2,5-6,8H2,1H3. The van der Waals surface area contributed by atoms with E-state index in [4.69, 9.17) is 27.9 Å². The van der Waals surface area contributed by atoms with Crippen molar-refractivity contribution >= 4 is 51.0 Å². The Bertz CT molecular complexity index is 666. The summed E-state index contributed by atoms with van der Waals surface area (Å²) in [7, 11) is -3.89. The summed E-state index contributed by atoms with van der Waals surface area (Å²) in [5, 5.41) is 0.383. The molecule has 1 aromatic rings. The highest BCUT2D eigenvalue weighted by atomic mass is 35.5. The summed E-state index contributed by atoms with van der Waals surface area (Å²) in [6.07, 6.45) is 0. The molecular weight excluding hydrogens is 369 g/mol. The zero-order valence-corrected chi connectivity index (χ0v) is 14.9. The molecule has 1 saturated heterocycles.